The van der Waals surface area contributed by atoms with Gasteiger partial charge in [0.15, 0.2) is 0 Å². The summed E-state index contributed by atoms with van der Waals surface area (Å²) in [6.45, 7) is 0. The molecule has 2 aliphatic rings. The molecule has 1 heterocycles. The summed E-state index contributed by atoms with van der Waals surface area (Å²) < 4.78 is 28.4. The molecule has 2 aliphatic carbocycles. The fourth-order valence-electron chi connectivity index (χ4n) is 3.87. The number of aromatic nitrogens is 1. The SMILES string of the molecule is O=C(NC1CC1)c1ccc(Sc2ccc(NS(=O)(=O)c3ccc4c(c3)CCCC4)cc2)nc1. The molecule has 0 bridgehead atoms. The second-order valence-corrected chi connectivity index (χ2v) is 11.3. The molecule has 0 saturated heterocycles. The van der Waals surface area contributed by atoms with E-state index in [4.69, 9.17) is 0 Å². The first-order valence-corrected chi connectivity index (χ1v) is 13.5. The summed E-state index contributed by atoms with van der Waals surface area (Å²) in [6, 6.07) is 16.5. The number of carbonyl (C=O) groups is 1. The Labute approximate surface area is 198 Å². The van der Waals surface area contributed by atoms with Gasteiger partial charge in [-0.25, -0.2) is 13.4 Å². The zero-order valence-corrected chi connectivity index (χ0v) is 19.7. The molecule has 0 atom stereocenters. The number of rotatable bonds is 7. The Morgan fingerprint density at radius 2 is 1.70 bits per heavy atom. The molecule has 1 amide bonds. The Hall–Kier alpha value is -2.84. The lowest BCUT2D eigenvalue weighted by Crippen LogP contribution is -2.25. The van der Waals surface area contributed by atoms with Crippen LogP contribution in [0.5, 0.6) is 0 Å². The average Bonchev–Trinajstić information content (AvgIpc) is 3.64. The van der Waals surface area contributed by atoms with Crippen molar-refractivity contribution in [2.24, 2.45) is 0 Å². The highest BCUT2D eigenvalue weighted by Crippen LogP contribution is 2.29. The fourth-order valence-corrected chi connectivity index (χ4v) is 5.74. The van der Waals surface area contributed by atoms with Gasteiger partial charge in [0.1, 0.15) is 5.03 Å². The van der Waals surface area contributed by atoms with E-state index in [1.807, 2.05) is 24.3 Å². The van der Waals surface area contributed by atoms with E-state index >= 15 is 0 Å². The number of nitrogens with zero attached hydrogens (tertiary/aromatic N) is 1. The zero-order chi connectivity index (χ0) is 22.8. The van der Waals surface area contributed by atoms with Gasteiger partial charge in [0, 0.05) is 22.8 Å². The minimum Gasteiger partial charge on any atom is -0.349 e. The molecule has 1 aromatic heterocycles. The van der Waals surface area contributed by atoms with Crippen molar-refractivity contribution >= 4 is 33.4 Å². The quantitative estimate of drug-likeness (QED) is 0.508. The molecule has 2 N–H and O–H groups in total. The summed E-state index contributed by atoms with van der Waals surface area (Å²) in [6.07, 6.45) is 7.91. The molecule has 3 aromatic rings. The van der Waals surface area contributed by atoms with Gasteiger partial charge in [-0.3, -0.25) is 9.52 Å². The van der Waals surface area contributed by atoms with Gasteiger partial charge in [0.2, 0.25) is 0 Å². The van der Waals surface area contributed by atoms with E-state index in [2.05, 4.69) is 15.0 Å². The molecule has 1 saturated carbocycles. The molecule has 170 valence electrons. The first-order chi connectivity index (χ1) is 16.0. The van der Waals surface area contributed by atoms with Gasteiger partial charge < -0.3 is 5.32 Å². The van der Waals surface area contributed by atoms with Crippen molar-refractivity contribution < 1.29 is 13.2 Å². The van der Waals surface area contributed by atoms with Gasteiger partial charge in [-0.15, -0.1) is 0 Å². The van der Waals surface area contributed by atoms with Crippen LogP contribution in [-0.2, 0) is 22.9 Å². The van der Waals surface area contributed by atoms with Crippen molar-refractivity contribution in [1.82, 2.24) is 10.3 Å². The van der Waals surface area contributed by atoms with Crippen LogP contribution in [0.25, 0.3) is 0 Å². The third-order valence-electron chi connectivity index (χ3n) is 5.87. The summed E-state index contributed by atoms with van der Waals surface area (Å²) in [5.41, 5.74) is 3.46. The van der Waals surface area contributed by atoms with Gasteiger partial charge in [-0.2, -0.15) is 0 Å². The normalized spacial score (nSPS) is 15.5. The summed E-state index contributed by atoms with van der Waals surface area (Å²) >= 11 is 1.45. The van der Waals surface area contributed by atoms with Gasteiger partial charge in [0.05, 0.1) is 10.5 Å². The average molecular weight is 480 g/mol. The van der Waals surface area contributed by atoms with Crippen molar-refractivity contribution in [2.45, 2.75) is 59.4 Å². The van der Waals surface area contributed by atoms with Crippen molar-refractivity contribution in [1.29, 1.82) is 0 Å². The van der Waals surface area contributed by atoms with Crippen molar-refractivity contribution in [3.63, 3.8) is 0 Å². The molecular weight excluding hydrogens is 454 g/mol. The Bertz CT molecular complexity index is 1270. The summed E-state index contributed by atoms with van der Waals surface area (Å²) in [4.78, 5) is 17.7. The molecule has 0 aliphatic heterocycles. The highest BCUT2D eigenvalue weighted by atomic mass is 32.2. The minimum absolute atomic E-state index is 0.0860. The van der Waals surface area contributed by atoms with Gasteiger partial charge in [0.25, 0.3) is 15.9 Å². The van der Waals surface area contributed by atoms with Crippen LogP contribution in [-0.4, -0.2) is 25.4 Å². The number of carbonyl (C=O) groups excluding carboxylic acids is 1. The number of fused-ring (bicyclic) bond motifs is 1. The van der Waals surface area contributed by atoms with Crippen molar-refractivity contribution in [3.8, 4) is 0 Å². The highest BCUT2D eigenvalue weighted by Gasteiger charge is 2.24. The van der Waals surface area contributed by atoms with Crippen LogP contribution in [0, 0.1) is 0 Å². The van der Waals surface area contributed by atoms with E-state index in [9.17, 15) is 13.2 Å². The monoisotopic (exact) mass is 479 g/mol. The lowest BCUT2D eigenvalue weighted by atomic mass is 9.92. The Balaban J connectivity index is 1.22. The van der Waals surface area contributed by atoms with Crippen molar-refractivity contribution in [3.05, 3.63) is 77.5 Å². The van der Waals surface area contributed by atoms with E-state index in [1.165, 1.54) is 17.3 Å². The maximum Gasteiger partial charge on any atom is 0.261 e. The Kier molecular flexibility index (Phi) is 6.12. The topological polar surface area (TPSA) is 88.2 Å². The van der Waals surface area contributed by atoms with E-state index in [1.54, 1.807) is 36.5 Å². The number of nitrogens with one attached hydrogen (secondary N) is 2. The predicted molar refractivity (Wildman–Crippen MR) is 129 cm³/mol. The molecule has 6 nitrogen and oxygen atoms in total. The third kappa shape index (κ3) is 5.39. The number of benzene rings is 2. The van der Waals surface area contributed by atoms with Gasteiger partial charge in [-0.05, 0) is 98.2 Å². The lowest BCUT2D eigenvalue weighted by molar-refractivity contribution is 0.0950. The second kappa shape index (κ2) is 9.19. The molecule has 5 rings (SSSR count). The number of hydrogen-bond donors (Lipinski definition) is 2. The molecule has 0 unspecified atom stereocenters. The maximum absolute atomic E-state index is 12.9. The van der Waals surface area contributed by atoms with E-state index < -0.39 is 10.0 Å². The first-order valence-electron chi connectivity index (χ1n) is 11.2. The molecular formula is C25H25N3O3S2. The van der Waals surface area contributed by atoms with E-state index in [-0.39, 0.29) is 5.91 Å². The number of pyridine rings is 1. The van der Waals surface area contributed by atoms with Crippen molar-refractivity contribution in [2.75, 3.05) is 4.72 Å². The zero-order valence-electron chi connectivity index (χ0n) is 18.1. The lowest BCUT2D eigenvalue weighted by Gasteiger charge is -2.17. The molecule has 0 radical (unpaired) electrons. The Morgan fingerprint density at radius 1 is 0.939 bits per heavy atom. The fraction of sp³-hybridized carbons (Fsp3) is 0.280. The molecule has 33 heavy (non-hydrogen) atoms. The predicted octanol–water partition coefficient (Wildman–Crippen LogP) is 4.80. The van der Waals surface area contributed by atoms with Gasteiger partial charge in [-0.1, -0.05) is 17.8 Å². The molecule has 0 spiro atoms. The third-order valence-corrected chi connectivity index (χ3v) is 8.21. The smallest absolute Gasteiger partial charge is 0.261 e. The van der Waals surface area contributed by atoms with E-state index in [0.717, 1.165) is 54.0 Å². The number of hydrogen-bond acceptors (Lipinski definition) is 5. The molecule has 8 heteroatoms. The number of amides is 1. The van der Waals surface area contributed by atoms with Crippen LogP contribution < -0.4 is 10.0 Å². The standard InChI is InChI=1S/C25H25N3O3S2/c29-25(27-20-7-8-20)19-6-14-24(26-16-19)32-22-11-9-21(10-12-22)28-33(30,31)23-13-5-17-3-1-2-4-18(17)15-23/h5-6,9-16,20,28H,1-4,7-8H2,(H,27,29). The first kappa shape index (κ1) is 22.0. The summed E-state index contributed by atoms with van der Waals surface area (Å²) in [5, 5.41) is 3.71. The maximum atomic E-state index is 12.9. The number of sulfonamides is 1. The largest absolute Gasteiger partial charge is 0.349 e. The van der Waals surface area contributed by atoms with Crippen LogP contribution >= 0.6 is 11.8 Å². The highest BCUT2D eigenvalue weighted by molar-refractivity contribution is 7.99. The number of aryl methyl sites for hydroxylation is 2. The molecule has 1 fully saturated rings. The Morgan fingerprint density at radius 3 is 2.39 bits per heavy atom. The van der Waals surface area contributed by atoms with Crippen LogP contribution in [0.3, 0.4) is 0 Å². The minimum atomic E-state index is -3.64. The molecule has 2 aromatic carbocycles. The van der Waals surface area contributed by atoms with Gasteiger partial charge >= 0.3 is 0 Å². The summed E-state index contributed by atoms with van der Waals surface area (Å²) in [5.74, 6) is -0.0860. The van der Waals surface area contributed by atoms with Crippen LogP contribution in [0.4, 0.5) is 5.69 Å². The number of anilines is 1. The van der Waals surface area contributed by atoms with E-state index in [0.29, 0.717) is 22.2 Å². The second-order valence-electron chi connectivity index (χ2n) is 8.50. The van der Waals surface area contributed by atoms with Crippen LogP contribution in [0.2, 0.25) is 0 Å². The van der Waals surface area contributed by atoms with Crippen LogP contribution in [0.1, 0.15) is 47.2 Å². The summed E-state index contributed by atoms with van der Waals surface area (Å²) in [7, 11) is -3.64. The van der Waals surface area contributed by atoms with Crippen LogP contribution in [0.15, 0.2) is 75.6 Å².